The first-order chi connectivity index (χ1) is 9.28. The maximum atomic E-state index is 12.7. The number of hydrogen-bond acceptors (Lipinski definition) is 4. The zero-order valence-corrected chi connectivity index (χ0v) is 13.6. The Kier molecular flexibility index (Phi) is 4.27. The lowest BCUT2D eigenvalue weighted by Crippen LogP contribution is -2.39. The molecule has 6 nitrogen and oxygen atoms in total. The van der Waals surface area contributed by atoms with Gasteiger partial charge in [-0.1, -0.05) is 6.92 Å². The van der Waals surface area contributed by atoms with Crippen molar-refractivity contribution >= 4 is 31.9 Å². The second kappa shape index (κ2) is 5.50. The summed E-state index contributed by atoms with van der Waals surface area (Å²) < 4.78 is 31.8. The number of hydrogen-bond donors (Lipinski definition) is 1. The van der Waals surface area contributed by atoms with Gasteiger partial charge in [0.05, 0.1) is 0 Å². The molecule has 20 heavy (non-hydrogen) atoms. The second-order valence-electron chi connectivity index (χ2n) is 4.88. The summed E-state index contributed by atoms with van der Waals surface area (Å²) in [6, 6.07) is 0.907. The fourth-order valence-electron chi connectivity index (χ4n) is 2.61. The van der Waals surface area contributed by atoms with Crippen molar-refractivity contribution in [3.63, 3.8) is 0 Å². The van der Waals surface area contributed by atoms with Crippen LogP contribution in [0.1, 0.15) is 43.7 Å². The molecule has 1 aromatic rings. The molecule has 0 aliphatic carbocycles. The molecule has 0 radical (unpaired) electrons. The predicted molar refractivity (Wildman–Crippen MR) is 75.2 cm³/mol. The van der Waals surface area contributed by atoms with Gasteiger partial charge in [-0.15, -0.1) is 0 Å². The van der Waals surface area contributed by atoms with Crippen LogP contribution in [0.15, 0.2) is 20.0 Å². The van der Waals surface area contributed by atoms with Gasteiger partial charge in [-0.05, 0) is 42.1 Å². The van der Waals surface area contributed by atoms with Crippen molar-refractivity contribution in [2.45, 2.75) is 50.1 Å². The van der Waals surface area contributed by atoms with Crippen LogP contribution in [0.25, 0.3) is 0 Å². The van der Waals surface area contributed by atoms with E-state index in [1.165, 1.54) is 4.31 Å². The van der Waals surface area contributed by atoms with E-state index in [0.717, 1.165) is 25.3 Å². The summed E-state index contributed by atoms with van der Waals surface area (Å²) >= 11 is 2.99. The number of carboxylic acid groups (broad SMARTS) is 1. The van der Waals surface area contributed by atoms with Gasteiger partial charge in [-0.2, -0.15) is 4.31 Å². The number of sulfonamides is 1. The maximum absolute atomic E-state index is 12.7. The molecule has 112 valence electrons. The van der Waals surface area contributed by atoms with Crippen molar-refractivity contribution in [3.05, 3.63) is 16.5 Å². The van der Waals surface area contributed by atoms with Crippen LogP contribution in [0.4, 0.5) is 0 Å². The smallest absolute Gasteiger partial charge is 0.371 e. The Hall–Kier alpha value is -0.860. The highest BCUT2D eigenvalue weighted by Gasteiger charge is 2.41. The Morgan fingerprint density at radius 3 is 2.70 bits per heavy atom. The molecule has 1 saturated heterocycles. The van der Waals surface area contributed by atoms with Gasteiger partial charge in [-0.3, -0.25) is 0 Å². The van der Waals surface area contributed by atoms with Crippen LogP contribution in [0.3, 0.4) is 0 Å². The van der Waals surface area contributed by atoms with E-state index in [1.54, 1.807) is 0 Å². The Labute approximate surface area is 125 Å². The zero-order valence-electron chi connectivity index (χ0n) is 11.2. The molecule has 0 spiro atoms. The molecule has 0 saturated carbocycles. The molecule has 0 bridgehead atoms. The first kappa shape index (κ1) is 15.5. The molecule has 1 aromatic heterocycles. The quantitative estimate of drug-likeness (QED) is 0.885. The molecule has 2 rings (SSSR count). The molecule has 0 amide bonds. The van der Waals surface area contributed by atoms with Crippen LogP contribution < -0.4 is 0 Å². The molecule has 8 heteroatoms. The van der Waals surface area contributed by atoms with Crippen LogP contribution >= 0.6 is 15.9 Å². The van der Waals surface area contributed by atoms with Gasteiger partial charge in [0.2, 0.25) is 15.8 Å². The number of carboxylic acids is 1. The average Bonchev–Trinajstić information content (AvgIpc) is 2.92. The van der Waals surface area contributed by atoms with Gasteiger partial charge < -0.3 is 9.52 Å². The fourth-order valence-corrected chi connectivity index (χ4v) is 5.47. The lowest BCUT2D eigenvalue weighted by atomic mass is 10.2. The topological polar surface area (TPSA) is 87.8 Å². The molecule has 1 N–H and O–H groups in total. The lowest BCUT2D eigenvalue weighted by Gasteiger charge is -2.26. The van der Waals surface area contributed by atoms with Gasteiger partial charge in [0.1, 0.15) is 4.90 Å². The average molecular weight is 366 g/mol. The maximum Gasteiger partial charge on any atom is 0.371 e. The van der Waals surface area contributed by atoms with E-state index in [1.807, 2.05) is 13.8 Å². The Morgan fingerprint density at radius 2 is 2.20 bits per heavy atom. The number of carbonyl (C=O) groups is 1. The van der Waals surface area contributed by atoms with Crippen molar-refractivity contribution in [1.82, 2.24) is 4.31 Å². The monoisotopic (exact) mass is 365 g/mol. The van der Waals surface area contributed by atoms with Crippen LogP contribution in [-0.4, -0.2) is 35.9 Å². The highest BCUT2D eigenvalue weighted by Crippen LogP contribution is 2.36. The molecular formula is C12H16BrNO5S. The van der Waals surface area contributed by atoms with Crippen LogP contribution in [0.2, 0.25) is 0 Å². The lowest BCUT2D eigenvalue weighted by molar-refractivity contribution is 0.0661. The molecule has 2 atom stereocenters. The number of furan rings is 1. The number of halogens is 1. The van der Waals surface area contributed by atoms with E-state index in [0.29, 0.717) is 0 Å². The minimum Gasteiger partial charge on any atom is -0.475 e. The highest BCUT2D eigenvalue weighted by atomic mass is 79.9. The summed E-state index contributed by atoms with van der Waals surface area (Å²) in [6.07, 6.45) is 2.35. The Morgan fingerprint density at radius 1 is 1.55 bits per heavy atom. The second-order valence-corrected chi connectivity index (χ2v) is 7.41. The number of nitrogens with zero attached hydrogens (tertiary/aromatic N) is 1. The molecule has 1 aliphatic heterocycles. The molecule has 2 unspecified atom stereocenters. The normalized spacial score (nSPS) is 24.1. The fraction of sp³-hybridized carbons (Fsp3) is 0.583. The SMILES string of the molecule is CCC1CCC(C)N1S(=O)(=O)c1cc(C(=O)O)oc1Br. The van der Waals surface area contributed by atoms with Gasteiger partial charge in [0, 0.05) is 18.2 Å². The molecule has 1 fully saturated rings. The summed E-state index contributed by atoms with van der Waals surface area (Å²) in [6.45, 7) is 3.80. The van der Waals surface area contributed by atoms with Gasteiger partial charge >= 0.3 is 5.97 Å². The summed E-state index contributed by atoms with van der Waals surface area (Å²) in [5.41, 5.74) is 0. The van der Waals surface area contributed by atoms with E-state index in [9.17, 15) is 13.2 Å². The largest absolute Gasteiger partial charge is 0.475 e. The third-order valence-electron chi connectivity index (χ3n) is 3.60. The number of rotatable bonds is 4. The van der Waals surface area contributed by atoms with E-state index in [4.69, 9.17) is 9.52 Å². The predicted octanol–water partition coefficient (Wildman–Crippen LogP) is 2.69. The third-order valence-corrected chi connectivity index (χ3v) is 6.53. The molecule has 2 heterocycles. The van der Waals surface area contributed by atoms with Gasteiger partial charge in [0.25, 0.3) is 0 Å². The van der Waals surface area contributed by atoms with E-state index in [2.05, 4.69) is 15.9 Å². The summed E-state index contributed by atoms with van der Waals surface area (Å²) in [5, 5.41) is 8.88. The Balaban J connectivity index is 2.47. The molecular weight excluding hydrogens is 350 g/mol. The van der Waals surface area contributed by atoms with Gasteiger partial charge in [0.15, 0.2) is 4.67 Å². The van der Waals surface area contributed by atoms with Gasteiger partial charge in [-0.25, -0.2) is 13.2 Å². The van der Waals surface area contributed by atoms with Crippen molar-refractivity contribution in [1.29, 1.82) is 0 Å². The van der Waals surface area contributed by atoms with Crippen molar-refractivity contribution in [3.8, 4) is 0 Å². The Bertz CT molecular complexity index is 624. The van der Waals surface area contributed by atoms with Crippen LogP contribution in [0.5, 0.6) is 0 Å². The first-order valence-corrected chi connectivity index (χ1v) is 8.58. The van der Waals surface area contributed by atoms with E-state index in [-0.39, 0.29) is 21.6 Å². The molecule has 1 aliphatic rings. The first-order valence-electron chi connectivity index (χ1n) is 6.35. The minimum atomic E-state index is -3.76. The standard InChI is InChI=1S/C12H16BrNO5S/c1-3-8-5-4-7(2)14(8)20(17,18)10-6-9(12(15)16)19-11(10)13/h6-8H,3-5H2,1-2H3,(H,15,16). The van der Waals surface area contributed by atoms with Crippen molar-refractivity contribution in [2.24, 2.45) is 0 Å². The minimum absolute atomic E-state index is 0.0509. The number of aromatic carboxylic acids is 1. The summed E-state index contributed by atoms with van der Waals surface area (Å²) in [7, 11) is -3.76. The summed E-state index contributed by atoms with van der Waals surface area (Å²) in [4.78, 5) is 10.8. The van der Waals surface area contributed by atoms with Crippen LogP contribution in [0, 0.1) is 0 Å². The van der Waals surface area contributed by atoms with E-state index < -0.39 is 21.8 Å². The van der Waals surface area contributed by atoms with E-state index >= 15 is 0 Å². The third kappa shape index (κ3) is 2.51. The zero-order chi connectivity index (χ0) is 15.1. The summed E-state index contributed by atoms with van der Waals surface area (Å²) in [5.74, 6) is -1.69. The molecule has 0 aromatic carbocycles. The van der Waals surface area contributed by atoms with Crippen molar-refractivity contribution in [2.75, 3.05) is 0 Å². The van der Waals surface area contributed by atoms with Crippen LogP contribution in [-0.2, 0) is 10.0 Å². The highest BCUT2D eigenvalue weighted by molar-refractivity contribution is 9.10. The van der Waals surface area contributed by atoms with Crippen molar-refractivity contribution < 1.29 is 22.7 Å².